The fourth-order valence-corrected chi connectivity index (χ4v) is 3.87. The van der Waals surface area contributed by atoms with E-state index in [0.717, 1.165) is 54.8 Å². The SMILES string of the molecule is CN=C(NCCc1c[nH]c2cc(F)ccc12)NCC1CCCN(C(=O)OC(C)(C)C)C1.I. The van der Waals surface area contributed by atoms with Crippen LogP contribution in [-0.4, -0.2) is 60.8 Å². The number of H-pyrrole nitrogens is 1. The molecule has 9 heteroatoms. The van der Waals surface area contributed by atoms with Gasteiger partial charge in [-0.1, -0.05) is 0 Å². The van der Waals surface area contributed by atoms with Gasteiger partial charge in [-0.3, -0.25) is 4.99 Å². The summed E-state index contributed by atoms with van der Waals surface area (Å²) < 4.78 is 18.8. The predicted molar refractivity (Wildman–Crippen MR) is 137 cm³/mol. The Kier molecular flexibility index (Phi) is 9.60. The van der Waals surface area contributed by atoms with E-state index in [1.807, 2.05) is 33.0 Å². The van der Waals surface area contributed by atoms with Crippen molar-refractivity contribution in [1.29, 1.82) is 0 Å². The van der Waals surface area contributed by atoms with E-state index in [9.17, 15) is 9.18 Å². The second-order valence-electron chi connectivity index (χ2n) is 9.07. The molecular formula is C23H35FIN5O2. The second-order valence-corrected chi connectivity index (χ2v) is 9.07. The summed E-state index contributed by atoms with van der Waals surface area (Å²) in [6.07, 6.45) is 4.52. The Morgan fingerprint density at radius 1 is 1.34 bits per heavy atom. The zero-order valence-electron chi connectivity index (χ0n) is 19.3. The lowest BCUT2D eigenvalue weighted by molar-refractivity contribution is 0.0168. The number of carbonyl (C=O) groups excluding carboxylic acids is 1. The molecule has 1 unspecified atom stereocenters. The number of fused-ring (bicyclic) bond motifs is 1. The lowest BCUT2D eigenvalue weighted by atomic mass is 9.98. The number of guanidine groups is 1. The van der Waals surface area contributed by atoms with Crippen molar-refractivity contribution in [3.8, 4) is 0 Å². The van der Waals surface area contributed by atoms with Gasteiger partial charge in [-0.2, -0.15) is 0 Å². The van der Waals surface area contributed by atoms with Crippen molar-refractivity contribution in [3.05, 3.63) is 35.8 Å². The van der Waals surface area contributed by atoms with Gasteiger partial charge in [0.15, 0.2) is 5.96 Å². The number of halogens is 2. The van der Waals surface area contributed by atoms with Gasteiger partial charge in [-0.05, 0) is 69.7 Å². The average molecular weight is 559 g/mol. The van der Waals surface area contributed by atoms with Crippen LogP contribution in [0.1, 0.15) is 39.2 Å². The van der Waals surface area contributed by atoms with Crippen LogP contribution in [0.3, 0.4) is 0 Å². The highest BCUT2D eigenvalue weighted by Gasteiger charge is 2.27. The standard InChI is InChI=1S/C23H34FN5O2.HI/c1-23(2,3)31-22(30)29-11-5-6-16(15-29)13-28-21(25-4)26-10-9-17-14-27-20-12-18(24)7-8-19(17)20;/h7-8,12,14,16,27H,5-6,9-11,13,15H2,1-4H3,(H2,25,26,28);1H. The molecule has 1 aliphatic heterocycles. The topological polar surface area (TPSA) is 81.8 Å². The average Bonchev–Trinajstić information content (AvgIpc) is 3.11. The molecule has 2 aromatic rings. The number of amides is 1. The molecule has 0 aliphatic carbocycles. The third kappa shape index (κ3) is 7.53. The first-order valence-corrected chi connectivity index (χ1v) is 10.9. The van der Waals surface area contributed by atoms with Crippen molar-refractivity contribution < 1.29 is 13.9 Å². The number of aromatic nitrogens is 1. The van der Waals surface area contributed by atoms with Gasteiger partial charge in [0.25, 0.3) is 0 Å². The molecule has 0 bridgehead atoms. The van der Waals surface area contributed by atoms with Gasteiger partial charge >= 0.3 is 6.09 Å². The molecule has 32 heavy (non-hydrogen) atoms. The van der Waals surface area contributed by atoms with Gasteiger partial charge in [0.05, 0.1) is 0 Å². The number of benzene rings is 1. The Bertz CT molecular complexity index is 925. The maximum absolute atomic E-state index is 13.3. The Morgan fingerprint density at radius 3 is 2.84 bits per heavy atom. The van der Waals surface area contributed by atoms with Crippen molar-refractivity contribution >= 4 is 46.9 Å². The van der Waals surface area contributed by atoms with Gasteiger partial charge in [-0.15, -0.1) is 24.0 Å². The summed E-state index contributed by atoms with van der Waals surface area (Å²) in [7, 11) is 1.75. The molecule has 1 fully saturated rings. The molecule has 0 saturated carbocycles. The number of carbonyl (C=O) groups is 1. The molecule has 7 nitrogen and oxygen atoms in total. The second kappa shape index (κ2) is 11.7. The molecular weight excluding hydrogens is 524 g/mol. The van der Waals surface area contributed by atoms with Crippen molar-refractivity contribution in [1.82, 2.24) is 20.5 Å². The van der Waals surface area contributed by atoms with Crippen molar-refractivity contribution in [2.75, 3.05) is 33.2 Å². The molecule has 1 aromatic heterocycles. The Hall–Kier alpha value is -2.04. The van der Waals surface area contributed by atoms with Crippen molar-refractivity contribution in [3.63, 3.8) is 0 Å². The normalized spacial score (nSPS) is 17.1. The Morgan fingerprint density at radius 2 is 2.12 bits per heavy atom. The molecule has 1 amide bonds. The third-order valence-electron chi connectivity index (χ3n) is 5.37. The number of nitrogens with one attached hydrogen (secondary N) is 3. The van der Waals surface area contributed by atoms with Crippen molar-refractivity contribution in [2.45, 2.75) is 45.6 Å². The quantitative estimate of drug-likeness (QED) is 0.290. The van der Waals surface area contributed by atoms with E-state index in [1.54, 1.807) is 11.9 Å². The minimum Gasteiger partial charge on any atom is -0.444 e. The molecule has 0 spiro atoms. The maximum atomic E-state index is 13.3. The number of hydrogen-bond donors (Lipinski definition) is 3. The first kappa shape index (κ1) is 26.2. The van der Waals surface area contributed by atoms with E-state index in [4.69, 9.17) is 4.74 Å². The van der Waals surface area contributed by atoms with E-state index in [0.29, 0.717) is 19.0 Å². The number of hydrogen-bond acceptors (Lipinski definition) is 3. The zero-order valence-corrected chi connectivity index (χ0v) is 21.7. The van der Waals surface area contributed by atoms with Crippen LogP contribution in [0.4, 0.5) is 9.18 Å². The molecule has 178 valence electrons. The molecule has 3 N–H and O–H groups in total. The van der Waals surface area contributed by atoms with Crippen LogP contribution in [0, 0.1) is 11.7 Å². The lowest BCUT2D eigenvalue weighted by Crippen LogP contribution is -2.47. The number of nitrogens with zero attached hydrogens (tertiary/aromatic N) is 2. The number of likely N-dealkylation sites (tertiary alicyclic amines) is 1. The van der Waals surface area contributed by atoms with Gasteiger partial charge < -0.3 is 25.3 Å². The zero-order chi connectivity index (χ0) is 22.4. The highest BCUT2D eigenvalue weighted by Crippen LogP contribution is 2.20. The van der Waals surface area contributed by atoms with Crippen molar-refractivity contribution in [2.24, 2.45) is 10.9 Å². The molecule has 0 radical (unpaired) electrons. The van der Waals surface area contributed by atoms with Gasteiger partial charge in [0.1, 0.15) is 11.4 Å². The van der Waals surface area contributed by atoms with E-state index >= 15 is 0 Å². The first-order valence-electron chi connectivity index (χ1n) is 10.9. The number of aromatic amines is 1. The minimum absolute atomic E-state index is 0. The van der Waals surface area contributed by atoms with Crippen LogP contribution in [0.2, 0.25) is 0 Å². The summed E-state index contributed by atoms with van der Waals surface area (Å²) in [5.74, 6) is 0.847. The van der Waals surface area contributed by atoms with Gasteiger partial charge in [0, 0.05) is 50.3 Å². The van der Waals surface area contributed by atoms with Gasteiger partial charge in [0.2, 0.25) is 0 Å². The number of rotatable bonds is 5. The summed E-state index contributed by atoms with van der Waals surface area (Å²) >= 11 is 0. The summed E-state index contributed by atoms with van der Waals surface area (Å²) in [6.45, 7) is 8.54. The Balaban J connectivity index is 0.00000363. The predicted octanol–water partition coefficient (Wildman–Crippen LogP) is 4.28. The molecule has 1 saturated heterocycles. The maximum Gasteiger partial charge on any atom is 0.410 e. The van der Waals surface area contributed by atoms with E-state index in [1.165, 1.54) is 12.1 Å². The minimum atomic E-state index is -0.479. The van der Waals surface area contributed by atoms with Gasteiger partial charge in [-0.25, -0.2) is 9.18 Å². The lowest BCUT2D eigenvalue weighted by Gasteiger charge is -2.34. The summed E-state index contributed by atoms with van der Waals surface area (Å²) in [5.41, 5.74) is 1.47. The molecule has 1 atom stereocenters. The third-order valence-corrected chi connectivity index (χ3v) is 5.37. The Labute approximate surface area is 206 Å². The molecule has 1 aromatic carbocycles. The van der Waals surface area contributed by atoms with E-state index in [-0.39, 0.29) is 35.9 Å². The smallest absolute Gasteiger partial charge is 0.410 e. The number of piperidine rings is 1. The number of ether oxygens (including phenoxy) is 1. The monoisotopic (exact) mass is 559 g/mol. The largest absolute Gasteiger partial charge is 0.444 e. The van der Waals surface area contributed by atoms with Crippen LogP contribution in [-0.2, 0) is 11.2 Å². The van der Waals surface area contributed by atoms with Crippen LogP contribution >= 0.6 is 24.0 Å². The highest BCUT2D eigenvalue weighted by atomic mass is 127. The molecule has 1 aliphatic rings. The van der Waals surface area contributed by atoms with Crippen LogP contribution in [0.15, 0.2) is 29.4 Å². The fourth-order valence-electron chi connectivity index (χ4n) is 3.87. The number of aliphatic imine (C=N–C) groups is 1. The van der Waals surface area contributed by atoms with Crippen LogP contribution in [0.25, 0.3) is 10.9 Å². The molecule has 2 heterocycles. The van der Waals surface area contributed by atoms with Crippen LogP contribution in [0.5, 0.6) is 0 Å². The summed E-state index contributed by atoms with van der Waals surface area (Å²) in [4.78, 5) is 21.6. The summed E-state index contributed by atoms with van der Waals surface area (Å²) in [6, 6.07) is 4.80. The van der Waals surface area contributed by atoms with E-state index in [2.05, 4.69) is 20.6 Å². The summed E-state index contributed by atoms with van der Waals surface area (Å²) in [5, 5.41) is 7.75. The van der Waals surface area contributed by atoms with E-state index < -0.39 is 5.60 Å². The fraction of sp³-hybridized carbons (Fsp3) is 0.565. The first-order chi connectivity index (χ1) is 14.7. The highest BCUT2D eigenvalue weighted by molar-refractivity contribution is 14.0. The molecule has 3 rings (SSSR count). The van der Waals surface area contributed by atoms with Crippen LogP contribution < -0.4 is 10.6 Å².